The Morgan fingerprint density at radius 1 is 1.21 bits per heavy atom. The summed E-state index contributed by atoms with van der Waals surface area (Å²) in [6.45, 7) is 10.4. The van der Waals surface area contributed by atoms with Crippen molar-refractivity contribution in [3.63, 3.8) is 0 Å². The summed E-state index contributed by atoms with van der Waals surface area (Å²) in [4.78, 5) is 18.8. The maximum absolute atomic E-state index is 13.4. The summed E-state index contributed by atoms with van der Waals surface area (Å²) in [7, 11) is 3.19. The van der Waals surface area contributed by atoms with E-state index in [1.165, 1.54) is 6.42 Å². The van der Waals surface area contributed by atoms with E-state index in [1.54, 1.807) is 20.3 Å². The molecule has 2 aromatic heterocycles. The fourth-order valence-electron chi connectivity index (χ4n) is 4.66. The van der Waals surface area contributed by atoms with Crippen LogP contribution < -0.4 is 15.0 Å². The maximum Gasteiger partial charge on any atom is 0.253 e. The summed E-state index contributed by atoms with van der Waals surface area (Å²) >= 11 is 0. The van der Waals surface area contributed by atoms with Gasteiger partial charge in [-0.25, -0.2) is 4.68 Å². The number of piperidine rings is 1. The highest BCUT2D eigenvalue weighted by Gasteiger charge is 2.35. The minimum absolute atomic E-state index is 0.151. The summed E-state index contributed by atoms with van der Waals surface area (Å²) in [6, 6.07) is 5.28. The lowest BCUT2D eigenvalue weighted by atomic mass is 9.94. The molecular formula is C24H34N6O3. The molecule has 2 atom stereocenters. The monoisotopic (exact) mass is 454 g/mol. The number of benzene rings is 1. The van der Waals surface area contributed by atoms with Gasteiger partial charge in [-0.2, -0.15) is 0 Å². The van der Waals surface area contributed by atoms with Crippen LogP contribution in [0.5, 0.6) is 11.5 Å². The Hall–Kier alpha value is -2.94. The molecule has 9 nitrogen and oxygen atoms in total. The van der Waals surface area contributed by atoms with Gasteiger partial charge in [0.2, 0.25) is 0 Å². The van der Waals surface area contributed by atoms with Crippen molar-refractivity contribution in [3.05, 3.63) is 39.9 Å². The molecule has 0 radical (unpaired) electrons. The van der Waals surface area contributed by atoms with Gasteiger partial charge in [-0.3, -0.25) is 9.69 Å². The van der Waals surface area contributed by atoms with Gasteiger partial charge >= 0.3 is 0 Å². The minimum Gasteiger partial charge on any atom is -0.493 e. The molecule has 0 unspecified atom stereocenters. The van der Waals surface area contributed by atoms with Crippen LogP contribution in [0.4, 0.5) is 0 Å². The molecule has 1 aromatic carbocycles. The van der Waals surface area contributed by atoms with Crippen LogP contribution in [0.1, 0.15) is 64.4 Å². The van der Waals surface area contributed by atoms with E-state index in [1.807, 2.05) is 16.8 Å². The van der Waals surface area contributed by atoms with Gasteiger partial charge in [0.1, 0.15) is 6.04 Å². The van der Waals surface area contributed by atoms with Gasteiger partial charge in [0.05, 0.1) is 25.3 Å². The molecule has 1 aliphatic rings. The van der Waals surface area contributed by atoms with Crippen LogP contribution in [0, 0.1) is 5.92 Å². The molecule has 0 saturated carbocycles. The molecule has 1 aliphatic heterocycles. The largest absolute Gasteiger partial charge is 0.493 e. The van der Waals surface area contributed by atoms with Gasteiger partial charge in [-0.1, -0.05) is 13.8 Å². The molecular weight excluding hydrogens is 420 g/mol. The number of ether oxygens (including phenoxy) is 2. The molecule has 33 heavy (non-hydrogen) atoms. The van der Waals surface area contributed by atoms with Crippen LogP contribution in [0.3, 0.4) is 0 Å². The number of tetrazole rings is 1. The lowest BCUT2D eigenvalue weighted by Crippen LogP contribution is -2.42. The maximum atomic E-state index is 13.4. The third-order valence-electron chi connectivity index (χ3n) is 6.90. The third kappa shape index (κ3) is 4.34. The number of H-pyrrole nitrogens is 1. The van der Waals surface area contributed by atoms with E-state index in [2.05, 4.69) is 53.1 Å². The van der Waals surface area contributed by atoms with Gasteiger partial charge in [0.25, 0.3) is 5.56 Å². The van der Waals surface area contributed by atoms with Crippen molar-refractivity contribution >= 4 is 10.9 Å². The Kier molecular flexibility index (Phi) is 6.43. The molecule has 3 aromatic rings. The van der Waals surface area contributed by atoms with E-state index in [0.29, 0.717) is 34.3 Å². The second kappa shape index (κ2) is 9.13. The average molecular weight is 455 g/mol. The first-order chi connectivity index (χ1) is 15.8. The number of hydrogen-bond donors (Lipinski definition) is 1. The van der Waals surface area contributed by atoms with Crippen LogP contribution >= 0.6 is 0 Å². The summed E-state index contributed by atoms with van der Waals surface area (Å²) in [6.07, 6.45) is 3.12. The highest BCUT2D eigenvalue weighted by Crippen LogP contribution is 2.35. The number of hydrogen-bond acceptors (Lipinski definition) is 7. The Bertz CT molecular complexity index is 1180. The van der Waals surface area contributed by atoms with Crippen molar-refractivity contribution in [2.45, 2.75) is 58.5 Å². The SMILES string of the molecule is CCC(C)(C)n1nnnc1[C@@H](c1cc2cc(OC)c(OC)cc2[nH]c1=O)N1CCC[C@@H](C)C1. The Morgan fingerprint density at radius 3 is 2.61 bits per heavy atom. The highest BCUT2D eigenvalue weighted by atomic mass is 16.5. The molecule has 0 amide bonds. The summed E-state index contributed by atoms with van der Waals surface area (Å²) in [5, 5.41) is 13.7. The van der Waals surface area contributed by atoms with E-state index < -0.39 is 0 Å². The second-order valence-corrected chi connectivity index (χ2v) is 9.61. The first-order valence-corrected chi connectivity index (χ1v) is 11.6. The number of nitrogens with zero attached hydrogens (tertiary/aromatic N) is 5. The zero-order chi connectivity index (χ0) is 23.8. The lowest BCUT2D eigenvalue weighted by Gasteiger charge is -2.37. The van der Waals surface area contributed by atoms with Gasteiger partial charge in [0.15, 0.2) is 17.3 Å². The number of fused-ring (bicyclic) bond motifs is 1. The molecule has 1 fully saturated rings. The number of aromatic nitrogens is 5. The van der Waals surface area contributed by atoms with Crippen molar-refractivity contribution in [3.8, 4) is 11.5 Å². The van der Waals surface area contributed by atoms with Gasteiger partial charge in [-0.05, 0) is 68.1 Å². The first-order valence-electron chi connectivity index (χ1n) is 11.6. The van der Waals surface area contributed by atoms with Crippen LogP contribution in [-0.2, 0) is 5.54 Å². The first kappa shape index (κ1) is 23.2. The Morgan fingerprint density at radius 2 is 1.94 bits per heavy atom. The molecule has 178 valence electrons. The topological polar surface area (TPSA) is 98.2 Å². The van der Waals surface area contributed by atoms with Crippen molar-refractivity contribution in [2.24, 2.45) is 5.92 Å². The van der Waals surface area contributed by atoms with E-state index in [4.69, 9.17) is 9.47 Å². The number of pyridine rings is 1. The van der Waals surface area contributed by atoms with Crippen LogP contribution in [0.15, 0.2) is 23.0 Å². The van der Waals surface area contributed by atoms with Gasteiger partial charge < -0.3 is 14.5 Å². The highest BCUT2D eigenvalue weighted by molar-refractivity contribution is 5.83. The van der Waals surface area contributed by atoms with Crippen LogP contribution in [0.25, 0.3) is 10.9 Å². The van der Waals surface area contributed by atoms with Crippen LogP contribution in [-0.4, -0.2) is 57.4 Å². The fraction of sp³-hybridized carbons (Fsp3) is 0.583. The summed E-state index contributed by atoms with van der Waals surface area (Å²) < 4.78 is 12.8. The van der Waals surface area contributed by atoms with Gasteiger partial charge in [-0.15, -0.1) is 5.10 Å². The van der Waals surface area contributed by atoms with Crippen molar-refractivity contribution in [1.82, 2.24) is 30.1 Å². The van der Waals surface area contributed by atoms with Crippen LogP contribution in [0.2, 0.25) is 0 Å². The molecule has 0 spiro atoms. The normalized spacial score (nSPS) is 18.4. The third-order valence-corrected chi connectivity index (χ3v) is 6.90. The number of rotatable bonds is 7. The Balaban J connectivity index is 1.92. The lowest BCUT2D eigenvalue weighted by molar-refractivity contribution is 0.135. The number of aromatic amines is 1. The molecule has 3 heterocycles. The van der Waals surface area contributed by atoms with E-state index in [9.17, 15) is 4.79 Å². The van der Waals surface area contributed by atoms with Crippen molar-refractivity contribution in [1.29, 1.82) is 0 Å². The van der Waals surface area contributed by atoms with E-state index in [-0.39, 0.29) is 17.1 Å². The summed E-state index contributed by atoms with van der Waals surface area (Å²) in [5.41, 5.74) is 0.896. The predicted molar refractivity (Wildman–Crippen MR) is 127 cm³/mol. The second-order valence-electron chi connectivity index (χ2n) is 9.61. The zero-order valence-corrected chi connectivity index (χ0v) is 20.4. The average Bonchev–Trinajstić information content (AvgIpc) is 3.29. The number of nitrogens with one attached hydrogen (secondary N) is 1. The van der Waals surface area contributed by atoms with Crippen molar-refractivity contribution < 1.29 is 9.47 Å². The molecule has 9 heteroatoms. The molecule has 4 rings (SSSR count). The van der Waals surface area contributed by atoms with E-state index >= 15 is 0 Å². The smallest absolute Gasteiger partial charge is 0.253 e. The molecule has 1 N–H and O–H groups in total. The zero-order valence-electron chi connectivity index (χ0n) is 20.4. The Labute approximate surface area is 194 Å². The predicted octanol–water partition coefficient (Wildman–Crippen LogP) is 3.50. The molecule has 1 saturated heterocycles. The van der Waals surface area contributed by atoms with Gasteiger partial charge in [0, 0.05) is 23.6 Å². The fourth-order valence-corrected chi connectivity index (χ4v) is 4.66. The van der Waals surface area contributed by atoms with Crippen molar-refractivity contribution in [2.75, 3.05) is 27.3 Å². The minimum atomic E-state index is -0.352. The summed E-state index contributed by atoms with van der Waals surface area (Å²) in [5.74, 6) is 2.42. The molecule has 0 aliphatic carbocycles. The quantitative estimate of drug-likeness (QED) is 0.583. The molecule has 0 bridgehead atoms. The number of likely N-dealkylation sites (tertiary alicyclic amines) is 1. The standard InChI is InChI=1S/C24H34N6O3/c1-7-24(3,4)30-22(26-27-28-30)21(29-10-8-9-15(2)14-29)17-11-16-12-19(32-5)20(33-6)13-18(16)25-23(17)31/h11-13,15,21H,7-10,14H2,1-6H3,(H,25,31)/t15-,21-/m1/s1. The number of methoxy groups -OCH3 is 2. The van der Waals surface area contributed by atoms with E-state index in [0.717, 1.165) is 31.3 Å².